The molecule has 144 valence electrons. The first-order chi connectivity index (χ1) is 12.4. The van der Waals surface area contributed by atoms with E-state index in [-0.39, 0.29) is 6.07 Å². The van der Waals surface area contributed by atoms with Gasteiger partial charge in [-0.2, -0.15) is 26.3 Å². The summed E-state index contributed by atoms with van der Waals surface area (Å²) in [5.41, 5.74) is -3.68. The maximum absolute atomic E-state index is 12.8. The number of nitrogens with one attached hydrogen (secondary N) is 1. The van der Waals surface area contributed by atoms with E-state index in [1.807, 2.05) is 0 Å². The third-order valence-electron chi connectivity index (χ3n) is 3.49. The van der Waals surface area contributed by atoms with Gasteiger partial charge < -0.3 is 10.2 Å². The molecule has 27 heavy (non-hydrogen) atoms. The number of para-hydroxylation sites is 1. The summed E-state index contributed by atoms with van der Waals surface area (Å²) >= 11 is 0. The van der Waals surface area contributed by atoms with Crippen LogP contribution in [0.15, 0.2) is 48.5 Å². The summed E-state index contributed by atoms with van der Waals surface area (Å²) in [7, 11) is 1.24. The third kappa shape index (κ3) is 4.99. The fourth-order valence-electron chi connectivity index (χ4n) is 2.13. The molecule has 0 fully saturated rings. The highest BCUT2D eigenvalue weighted by Crippen LogP contribution is 2.37. The molecule has 0 saturated heterocycles. The number of amides is 2. The quantitative estimate of drug-likeness (QED) is 0.613. The standard InChI is InChI=1S/C17H12F6N2O2/c1-25(13-5-3-2-4-6-13)15(27)14(26)24-12-8-10(16(18,19)20)7-11(9-12)17(21,22)23/h2-9H,1H3,(H,24,26). The highest BCUT2D eigenvalue weighted by molar-refractivity contribution is 6.44. The molecule has 4 nitrogen and oxygen atoms in total. The molecule has 0 bridgehead atoms. The molecule has 2 aromatic rings. The van der Waals surface area contributed by atoms with E-state index in [9.17, 15) is 35.9 Å². The second kappa shape index (κ2) is 7.29. The summed E-state index contributed by atoms with van der Waals surface area (Å²) < 4.78 is 77.0. The molecular weight excluding hydrogens is 378 g/mol. The van der Waals surface area contributed by atoms with E-state index in [4.69, 9.17) is 0 Å². The van der Waals surface area contributed by atoms with Crippen LogP contribution in [0.5, 0.6) is 0 Å². The van der Waals surface area contributed by atoms with Gasteiger partial charge in [0.1, 0.15) is 0 Å². The average Bonchev–Trinajstić information content (AvgIpc) is 2.59. The van der Waals surface area contributed by atoms with Gasteiger partial charge in [0.25, 0.3) is 0 Å². The van der Waals surface area contributed by atoms with Crippen LogP contribution in [0.3, 0.4) is 0 Å². The molecule has 0 spiro atoms. The number of halogens is 6. The largest absolute Gasteiger partial charge is 0.416 e. The zero-order valence-electron chi connectivity index (χ0n) is 13.7. The van der Waals surface area contributed by atoms with Crippen molar-refractivity contribution in [3.8, 4) is 0 Å². The van der Waals surface area contributed by atoms with Gasteiger partial charge in [-0.05, 0) is 30.3 Å². The zero-order valence-corrected chi connectivity index (χ0v) is 13.7. The Bertz CT molecular complexity index is 814. The number of rotatable bonds is 2. The minimum absolute atomic E-state index is 0.0758. The molecule has 2 aromatic carbocycles. The molecule has 0 aliphatic heterocycles. The first-order valence-electron chi connectivity index (χ1n) is 7.33. The van der Waals surface area contributed by atoms with Crippen molar-refractivity contribution in [2.24, 2.45) is 0 Å². The molecule has 0 aliphatic rings. The van der Waals surface area contributed by atoms with E-state index in [1.165, 1.54) is 19.2 Å². The summed E-state index contributed by atoms with van der Waals surface area (Å²) in [6, 6.07) is 8.38. The molecule has 0 radical (unpaired) electrons. The number of benzene rings is 2. The summed E-state index contributed by atoms with van der Waals surface area (Å²) in [5, 5.41) is 1.79. The number of likely N-dealkylation sites (N-methyl/N-ethyl adjacent to an activating group) is 1. The molecule has 0 saturated carbocycles. The van der Waals surface area contributed by atoms with Gasteiger partial charge in [-0.25, -0.2) is 0 Å². The van der Waals surface area contributed by atoms with Gasteiger partial charge >= 0.3 is 24.2 Å². The van der Waals surface area contributed by atoms with Crippen molar-refractivity contribution < 1.29 is 35.9 Å². The van der Waals surface area contributed by atoms with Crippen LogP contribution in [0.4, 0.5) is 37.7 Å². The van der Waals surface area contributed by atoms with Gasteiger partial charge in [-0.3, -0.25) is 9.59 Å². The molecule has 2 amide bonds. The Morgan fingerprint density at radius 1 is 0.852 bits per heavy atom. The van der Waals surface area contributed by atoms with E-state index in [0.29, 0.717) is 17.8 Å². The number of carbonyl (C=O) groups is 2. The van der Waals surface area contributed by atoms with Gasteiger partial charge in [-0.15, -0.1) is 0 Å². The number of nitrogens with zero attached hydrogens (tertiary/aromatic N) is 1. The second-order valence-corrected chi connectivity index (χ2v) is 5.45. The van der Waals surface area contributed by atoms with Crippen LogP contribution in [0, 0.1) is 0 Å². The Hall–Kier alpha value is -3.04. The van der Waals surface area contributed by atoms with Crippen LogP contribution in [0.2, 0.25) is 0 Å². The Labute approximate surface area is 149 Å². The maximum Gasteiger partial charge on any atom is 0.416 e. The lowest BCUT2D eigenvalue weighted by Crippen LogP contribution is -2.37. The summed E-state index contributed by atoms with van der Waals surface area (Å²) in [6.07, 6.45) is -10.1. The fourth-order valence-corrected chi connectivity index (χ4v) is 2.13. The first-order valence-corrected chi connectivity index (χ1v) is 7.33. The van der Waals surface area contributed by atoms with E-state index in [0.717, 1.165) is 4.90 Å². The number of hydrogen-bond acceptors (Lipinski definition) is 2. The van der Waals surface area contributed by atoms with Crippen molar-refractivity contribution in [2.75, 3.05) is 17.3 Å². The van der Waals surface area contributed by atoms with Crippen LogP contribution < -0.4 is 10.2 Å². The maximum atomic E-state index is 12.8. The van der Waals surface area contributed by atoms with Crippen molar-refractivity contribution in [3.63, 3.8) is 0 Å². The molecule has 10 heteroatoms. The Balaban J connectivity index is 2.30. The highest BCUT2D eigenvalue weighted by Gasteiger charge is 2.37. The Kier molecular flexibility index (Phi) is 5.48. The molecular formula is C17H12F6N2O2. The lowest BCUT2D eigenvalue weighted by Gasteiger charge is -2.18. The predicted octanol–water partition coefficient (Wildman–Crippen LogP) is 4.33. The first kappa shape index (κ1) is 20.3. The van der Waals surface area contributed by atoms with E-state index in [1.54, 1.807) is 23.5 Å². The topological polar surface area (TPSA) is 49.4 Å². The summed E-state index contributed by atoms with van der Waals surface area (Å²) in [5.74, 6) is -2.54. The normalized spacial score (nSPS) is 11.8. The predicted molar refractivity (Wildman–Crippen MR) is 84.9 cm³/mol. The second-order valence-electron chi connectivity index (χ2n) is 5.45. The number of hydrogen-bond donors (Lipinski definition) is 1. The van der Waals surface area contributed by atoms with Crippen LogP contribution in [0.25, 0.3) is 0 Å². The highest BCUT2D eigenvalue weighted by atomic mass is 19.4. The Morgan fingerprint density at radius 3 is 1.78 bits per heavy atom. The van der Waals surface area contributed by atoms with Gasteiger partial charge in [0.2, 0.25) is 0 Å². The van der Waals surface area contributed by atoms with Gasteiger partial charge in [0.15, 0.2) is 0 Å². The fraction of sp³-hybridized carbons (Fsp3) is 0.176. The minimum Gasteiger partial charge on any atom is -0.318 e. The Morgan fingerprint density at radius 2 is 1.33 bits per heavy atom. The SMILES string of the molecule is CN(C(=O)C(=O)Nc1cc(C(F)(F)F)cc(C(F)(F)F)c1)c1ccccc1. The van der Waals surface area contributed by atoms with Crippen molar-refractivity contribution in [3.05, 3.63) is 59.7 Å². The molecule has 0 aromatic heterocycles. The van der Waals surface area contributed by atoms with Crippen LogP contribution in [-0.4, -0.2) is 18.9 Å². The number of carbonyl (C=O) groups excluding carboxylic acids is 2. The van der Waals surface area contributed by atoms with E-state index >= 15 is 0 Å². The van der Waals surface area contributed by atoms with Crippen LogP contribution in [0.1, 0.15) is 11.1 Å². The van der Waals surface area contributed by atoms with Gasteiger partial charge in [0.05, 0.1) is 11.1 Å². The molecule has 0 heterocycles. The number of anilines is 2. The molecule has 1 N–H and O–H groups in total. The number of alkyl halides is 6. The molecule has 0 aliphatic carbocycles. The van der Waals surface area contributed by atoms with Gasteiger partial charge in [0, 0.05) is 18.4 Å². The molecule has 0 unspecified atom stereocenters. The third-order valence-corrected chi connectivity index (χ3v) is 3.49. The molecule has 0 atom stereocenters. The van der Waals surface area contributed by atoms with E-state index < -0.39 is 41.0 Å². The van der Waals surface area contributed by atoms with Crippen molar-refractivity contribution in [2.45, 2.75) is 12.4 Å². The van der Waals surface area contributed by atoms with Crippen molar-refractivity contribution in [1.82, 2.24) is 0 Å². The van der Waals surface area contributed by atoms with Crippen LogP contribution >= 0.6 is 0 Å². The van der Waals surface area contributed by atoms with Gasteiger partial charge in [-0.1, -0.05) is 18.2 Å². The zero-order chi connectivity index (χ0) is 20.4. The van der Waals surface area contributed by atoms with Crippen molar-refractivity contribution >= 4 is 23.2 Å². The summed E-state index contributed by atoms with van der Waals surface area (Å²) in [4.78, 5) is 25.0. The summed E-state index contributed by atoms with van der Waals surface area (Å²) in [6.45, 7) is 0. The van der Waals surface area contributed by atoms with E-state index in [2.05, 4.69) is 0 Å². The average molecular weight is 390 g/mol. The van der Waals surface area contributed by atoms with Crippen LogP contribution in [-0.2, 0) is 21.9 Å². The molecule has 2 rings (SSSR count). The smallest absolute Gasteiger partial charge is 0.318 e. The lowest BCUT2D eigenvalue weighted by molar-refractivity contribution is -0.143. The van der Waals surface area contributed by atoms with Crippen molar-refractivity contribution in [1.29, 1.82) is 0 Å². The monoisotopic (exact) mass is 390 g/mol. The lowest BCUT2D eigenvalue weighted by atomic mass is 10.1. The minimum atomic E-state index is -5.06.